The minimum atomic E-state index is 0.599. The van der Waals surface area contributed by atoms with E-state index in [1.165, 1.54) is 34.7 Å². The highest BCUT2D eigenvalue weighted by Crippen LogP contribution is 2.41. The quantitative estimate of drug-likeness (QED) is 0.926. The third-order valence-electron chi connectivity index (χ3n) is 3.21. The van der Waals surface area contributed by atoms with Crippen molar-refractivity contribution in [3.8, 4) is 11.3 Å². The molecule has 1 fully saturated rings. The number of benzene rings is 1. The normalized spacial score (nSPS) is 19.3. The zero-order chi connectivity index (χ0) is 12.4. The zero-order valence-corrected chi connectivity index (χ0v) is 11.8. The van der Waals surface area contributed by atoms with Gasteiger partial charge in [0.25, 0.3) is 0 Å². The molecule has 0 spiro atoms. The van der Waals surface area contributed by atoms with Gasteiger partial charge in [-0.25, -0.2) is 4.98 Å². The third-order valence-corrected chi connectivity index (χ3v) is 5.71. The summed E-state index contributed by atoms with van der Waals surface area (Å²) in [6.07, 6.45) is 2.61. The van der Waals surface area contributed by atoms with Crippen LogP contribution in [0.2, 0.25) is 0 Å². The molecular formula is C14H16N2S2. The van der Waals surface area contributed by atoms with E-state index in [2.05, 4.69) is 29.6 Å². The van der Waals surface area contributed by atoms with Crippen molar-refractivity contribution >= 4 is 23.1 Å². The second-order valence-electron chi connectivity index (χ2n) is 4.47. The minimum Gasteiger partial charge on any atom is -0.326 e. The standard InChI is InChI=1S/C14H16N2S2/c15-8-10-3-5-11(6-4-10)12-9-18-14(16-12)13-2-1-7-17-13/h3-6,9,13H,1-2,7-8,15H2. The Hall–Kier alpha value is -0.840. The van der Waals surface area contributed by atoms with Crippen LogP contribution in [0.5, 0.6) is 0 Å². The van der Waals surface area contributed by atoms with Crippen LogP contribution in [-0.4, -0.2) is 10.7 Å². The zero-order valence-electron chi connectivity index (χ0n) is 10.1. The number of thioether (sulfide) groups is 1. The third kappa shape index (κ3) is 2.46. The average Bonchev–Trinajstić information content (AvgIpc) is 3.09. The first-order valence-electron chi connectivity index (χ1n) is 6.23. The van der Waals surface area contributed by atoms with Gasteiger partial charge in [0.05, 0.1) is 10.9 Å². The number of aromatic nitrogens is 1. The van der Waals surface area contributed by atoms with Gasteiger partial charge in [-0.3, -0.25) is 0 Å². The molecule has 2 heterocycles. The Labute approximate surface area is 116 Å². The van der Waals surface area contributed by atoms with E-state index in [4.69, 9.17) is 10.7 Å². The lowest BCUT2D eigenvalue weighted by Crippen LogP contribution is -1.95. The maximum Gasteiger partial charge on any atom is 0.106 e. The summed E-state index contributed by atoms with van der Waals surface area (Å²) in [6.45, 7) is 0.599. The number of hydrogen-bond donors (Lipinski definition) is 1. The number of nitrogens with two attached hydrogens (primary N) is 1. The molecule has 2 nitrogen and oxygen atoms in total. The molecule has 1 aliphatic rings. The van der Waals surface area contributed by atoms with Crippen molar-refractivity contribution in [1.29, 1.82) is 0 Å². The van der Waals surface area contributed by atoms with E-state index in [0.717, 1.165) is 5.69 Å². The van der Waals surface area contributed by atoms with Crippen molar-refractivity contribution in [3.05, 3.63) is 40.2 Å². The van der Waals surface area contributed by atoms with Gasteiger partial charge in [-0.05, 0) is 24.2 Å². The van der Waals surface area contributed by atoms with E-state index in [1.54, 1.807) is 11.3 Å². The Bertz CT molecular complexity index is 513. The molecule has 4 heteroatoms. The van der Waals surface area contributed by atoms with Gasteiger partial charge in [0.15, 0.2) is 0 Å². The van der Waals surface area contributed by atoms with Crippen LogP contribution in [0.15, 0.2) is 29.6 Å². The SMILES string of the molecule is NCc1ccc(-c2csc(C3CCCS3)n2)cc1. The fourth-order valence-corrected chi connectivity index (χ4v) is 4.51. The molecule has 1 unspecified atom stereocenters. The number of hydrogen-bond acceptors (Lipinski definition) is 4. The van der Waals surface area contributed by atoms with Crippen molar-refractivity contribution < 1.29 is 0 Å². The van der Waals surface area contributed by atoms with Crippen molar-refractivity contribution in [1.82, 2.24) is 4.98 Å². The first-order valence-corrected chi connectivity index (χ1v) is 8.16. The smallest absolute Gasteiger partial charge is 0.106 e. The molecule has 0 aliphatic carbocycles. The van der Waals surface area contributed by atoms with Gasteiger partial charge in [0, 0.05) is 17.5 Å². The molecule has 1 saturated heterocycles. The number of nitrogens with zero attached hydrogens (tertiary/aromatic N) is 1. The molecule has 2 N–H and O–H groups in total. The molecule has 1 aromatic heterocycles. The molecule has 1 atom stereocenters. The number of thiazole rings is 1. The Morgan fingerprint density at radius 2 is 2.11 bits per heavy atom. The fraction of sp³-hybridized carbons (Fsp3) is 0.357. The monoisotopic (exact) mass is 276 g/mol. The molecule has 0 amide bonds. The second kappa shape index (κ2) is 5.43. The van der Waals surface area contributed by atoms with Gasteiger partial charge in [0.2, 0.25) is 0 Å². The minimum absolute atomic E-state index is 0.599. The summed E-state index contributed by atoms with van der Waals surface area (Å²) in [5.41, 5.74) is 9.07. The lowest BCUT2D eigenvalue weighted by Gasteiger charge is -2.02. The maximum absolute atomic E-state index is 5.61. The predicted molar refractivity (Wildman–Crippen MR) is 79.9 cm³/mol. The summed E-state index contributed by atoms with van der Waals surface area (Å²) in [5, 5.41) is 4.09. The summed E-state index contributed by atoms with van der Waals surface area (Å²) in [5.74, 6) is 1.28. The van der Waals surface area contributed by atoms with Crippen LogP contribution in [0.4, 0.5) is 0 Å². The Morgan fingerprint density at radius 3 is 2.78 bits per heavy atom. The van der Waals surface area contributed by atoms with Crippen LogP contribution >= 0.6 is 23.1 Å². The van der Waals surface area contributed by atoms with E-state index in [1.807, 2.05) is 11.8 Å². The van der Waals surface area contributed by atoms with Gasteiger partial charge >= 0.3 is 0 Å². The van der Waals surface area contributed by atoms with E-state index in [9.17, 15) is 0 Å². The van der Waals surface area contributed by atoms with Gasteiger partial charge in [-0.15, -0.1) is 11.3 Å². The largest absolute Gasteiger partial charge is 0.326 e. The molecule has 0 bridgehead atoms. The summed E-state index contributed by atoms with van der Waals surface area (Å²) in [7, 11) is 0. The van der Waals surface area contributed by atoms with Gasteiger partial charge in [-0.1, -0.05) is 24.3 Å². The fourth-order valence-electron chi connectivity index (χ4n) is 2.15. The van der Waals surface area contributed by atoms with Crippen molar-refractivity contribution in [2.75, 3.05) is 5.75 Å². The highest BCUT2D eigenvalue weighted by Gasteiger charge is 2.20. The topological polar surface area (TPSA) is 38.9 Å². The van der Waals surface area contributed by atoms with Crippen LogP contribution < -0.4 is 5.73 Å². The summed E-state index contributed by atoms with van der Waals surface area (Å²) in [4.78, 5) is 4.78. The Kier molecular flexibility index (Phi) is 3.68. The average molecular weight is 276 g/mol. The van der Waals surface area contributed by atoms with E-state index >= 15 is 0 Å². The molecule has 1 aromatic carbocycles. The van der Waals surface area contributed by atoms with E-state index < -0.39 is 0 Å². The van der Waals surface area contributed by atoms with E-state index in [0.29, 0.717) is 11.8 Å². The van der Waals surface area contributed by atoms with Gasteiger partial charge in [-0.2, -0.15) is 11.8 Å². The molecule has 18 heavy (non-hydrogen) atoms. The van der Waals surface area contributed by atoms with Crippen LogP contribution in [0.25, 0.3) is 11.3 Å². The molecule has 1 aliphatic heterocycles. The summed E-state index contributed by atoms with van der Waals surface area (Å²) in [6, 6.07) is 8.39. The van der Waals surface area contributed by atoms with E-state index in [-0.39, 0.29) is 0 Å². The highest BCUT2D eigenvalue weighted by molar-refractivity contribution is 7.99. The Morgan fingerprint density at radius 1 is 1.28 bits per heavy atom. The lowest BCUT2D eigenvalue weighted by atomic mass is 10.1. The summed E-state index contributed by atoms with van der Waals surface area (Å²) < 4.78 is 0. The van der Waals surface area contributed by atoms with Crippen LogP contribution in [-0.2, 0) is 6.54 Å². The highest BCUT2D eigenvalue weighted by atomic mass is 32.2. The molecular weight excluding hydrogens is 260 g/mol. The molecule has 0 saturated carbocycles. The van der Waals surface area contributed by atoms with Crippen LogP contribution in [0.3, 0.4) is 0 Å². The van der Waals surface area contributed by atoms with Crippen LogP contribution in [0.1, 0.15) is 28.7 Å². The van der Waals surface area contributed by atoms with Crippen LogP contribution in [0, 0.1) is 0 Å². The molecule has 0 radical (unpaired) electrons. The molecule has 3 rings (SSSR count). The van der Waals surface area contributed by atoms with Crippen molar-refractivity contribution in [3.63, 3.8) is 0 Å². The lowest BCUT2D eigenvalue weighted by molar-refractivity contribution is 0.823. The Balaban J connectivity index is 1.82. The molecule has 2 aromatic rings. The summed E-state index contributed by atoms with van der Waals surface area (Å²) >= 11 is 3.84. The van der Waals surface area contributed by atoms with Crippen molar-refractivity contribution in [2.45, 2.75) is 24.6 Å². The van der Waals surface area contributed by atoms with Gasteiger partial charge < -0.3 is 5.73 Å². The maximum atomic E-state index is 5.61. The number of rotatable bonds is 3. The molecule has 94 valence electrons. The predicted octanol–water partition coefficient (Wildman–Crippen LogP) is 3.84. The second-order valence-corrected chi connectivity index (χ2v) is 6.67. The van der Waals surface area contributed by atoms with Gasteiger partial charge in [0.1, 0.15) is 5.01 Å². The first-order chi connectivity index (χ1) is 8.86. The van der Waals surface area contributed by atoms with Crippen molar-refractivity contribution in [2.24, 2.45) is 5.73 Å². The first kappa shape index (κ1) is 12.2.